The van der Waals surface area contributed by atoms with Crippen LogP contribution in [-0.4, -0.2) is 334 Å². The minimum absolute atomic E-state index is 0.0221. The third-order valence-corrected chi connectivity index (χ3v) is 22.1. The molecule has 0 spiro atoms. The zero-order chi connectivity index (χ0) is 84.1. The van der Waals surface area contributed by atoms with Crippen molar-refractivity contribution in [3.63, 3.8) is 0 Å². The molecule has 0 bridgehead atoms. The van der Waals surface area contributed by atoms with Gasteiger partial charge in [0.05, 0.1) is 51.2 Å². The molecule has 0 aliphatic carbocycles. The molecule has 0 unspecified atom stereocenters. The molecule has 0 radical (unpaired) electrons. The Morgan fingerprint density at radius 1 is 0.308 bits per heavy atom. The van der Waals surface area contributed by atoms with E-state index in [1.165, 1.54) is 7.11 Å². The topological polar surface area (TPSA) is 607 Å². The zero-order valence-electron chi connectivity index (χ0n) is 66.1. The van der Waals surface area contributed by atoms with Crippen molar-refractivity contribution in [2.75, 3.05) is 40.1 Å². The van der Waals surface area contributed by atoms with Crippen molar-refractivity contribution in [2.45, 2.75) is 359 Å². The summed E-state index contributed by atoms with van der Waals surface area (Å²) in [4.78, 5) is 55.9. The third-order valence-electron chi connectivity index (χ3n) is 22.1. The van der Waals surface area contributed by atoms with Gasteiger partial charge in [0.1, 0.15) is 158 Å². The molecule has 42 nitrogen and oxygen atoms in total. The SMILES string of the molecule is CO[C@H]1O[C@H](COC(=O)CCCCCCCCn2cc([C@@H]3O[C@H](CO)[C@@H](O)[C@H](O)[C@H]3O)nn2)[C@@H](OC(=O)CCCCCCCCn2cc([C@@H]3O[C@H](CO)[C@@H](O)[C@H](O)[C@H]3O)nn2)[C@H](OC(=O)CCCCCCCCn2cc([C@@H]3O[C@H](CO)[C@@H](O)[C@H](O)[C@H]3O)nn2)[C@H]1OC(=O)CCCCCCCCn1cc([C@@H]2O[C@H](CO)[C@@H](O)[C@H](O)[C@H]2O)nn1. The summed E-state index contributed by atoms with van der Waals surface area (Å²) < 4.78 is 65.3. The van der Waals surface area contributed by atoms with Gasteiger partial charge >= 0.3 is 23.9 Å². The predicted molar refractivity (Wildman–Crippen MR) is 397 cm³/mol. The number of esters is 4. The molecular formula is C75H122N12O30. The monoisotopic (exact) mass is 1670 g/mol. The van der Waals surface area contributed by atoms with Crippen LogP contribution in [0.3, 0.4) is 0 Å². The Hall–Kier alpha value is -6.44. The minimum Gasteiger partial charge on any atom is -0.463 e. The lowest BCUT2D eigenvalue weighted by molar-refractivity contribution is -0.303. The number of rotatable bonds is 50. The molecule has 0 amide bonds. The van der Waals surface area contributed by atoms with Gasteiger partial charge in [0.15, 0.2) is 24.6 Å². The van der Waals surface area contributed by atoms with E-state index < -0.39 is 210 Å². The van der Waals surface area contributed by atoms with Gasteiger partial charge in [0.2, 0.25) is 0 Å². The van der Waals surface area contributed by atoms with E-state index in [2.05, 4.69) is 41.2 Å². The molecule has 16 N–H and O–H groups in total. The first kappa shape index (κ1) is 94.4. The Morgan fingerprint density at radius 3 is 0.829 bits per heavy atom. The van der Waals surface area contributed by atoms with E-state index in [1.807, 2.05) is 0 Å². The van der Waals surface area contributed by atoms with Crippen molar-refractivity contribution in [3.8, 4) is 0 Å². The number of aryl methyl sites for hydroxylation is 4. The van der Waals surface area contributed by atoms with Crippen molar-refractivity contribution < 1.29 is 148 Å². The van der Waals surface area contributed by atoms with E-state index >= 15 is 0 Å². The standard InChI is InChI=1S/C75H122N12O30/c1-108-75-74(117-55(95)29-21-13-5-9-17-25-33-87-37-46(79-83-87)71-67(107)63(103)59(99)50(41-91)113-71)73(116-54(94)28-20-12-4-8-16-24-32-86-36-45(78-82-86)70-66(106)62(102)58(98)49(40-90)112-70)72(115-53(93)27-19-11-3-7-15-23-31-85-35-44(77-81-85)69-65(105)61(101)57(97)48(39-89)111-69)51(114-75)42-109-52(92)26-18-10-2-6-14-22-30-84-34-43(76-80-84)68-64(104)60(100)56(96)47(38-88)110-68/h34-37,47-51,56-75,88-91,96-107H,2-33,38-42H2,1H3/t47-,48-,49-,50-,51-,56-,57-,58-,59-,60+,61+,62+,63+,64-,65-,66-,67-,68+,69+,70+,71+,72-,73+,74-,75+/m1/s1. The predicted octanol–water partition coefficient (Wildman–Crippen LogP) is -2.21. The molecule has 9 heterocycles. The second-order valence-corrected chi connectivity index (χ2v) is 30.9. The molecule has 0 saturated carbocycles. The van der Waals surface area contributed by atoms with E-state index in [-0.39, 0.29) is 48.5 Å². The number of aliphatic hydroxyl groups is 16. The zero-order valence-corrected chi connectivity index (χ0v) is 66.1. The van der Waals surface area contributed by atoms with Gasteiger partial charge in [0, 0.05) is 59.0 Å². The quantitative estimate of drug-likeness (QED) is 0.0127. The molecule has 4 aromatic heterocycles. The molecule has 4 aromatic rings. The first-order chi connectivity index (χ1) is 56.5. The highest BCUT2D eigenvalue weighted by atomic mass is 16.7. The molecular weight excluding hydrogens is 1550 g/mol. The highest BCUT2D eigenvalue weighted by Crippen LogP contribution is 2.37. The van der Waals surface area contributed by atoms with Crippen LogP contribution in [0, 0.1) is 0 Å². The fraction of sp³-hybridized carbons (Fsp3) is 0.840. The molecule has 117 heavy (non-hydrogen) atoms. The van der Waals surface area contributed by atoms with Crippen LogP contribution in [0.2, 0.25) is 0 Å². The van der Waals surface area contributed by atoms with Crippen molar-refractivity contribution in [1.82, 2.24) is 60.0 Å². The van der Waals surface area contributed by atoms with Crippen molar-refractivity contribution >= 4 is 23.9 Å². The molecule has 662 valence electrons. The molecule has 42 heteroatoms. The maximum Gasteiger partial charge on any atom is 0.306 e. The van der Waals surface area contributed by atoms with Crippen molar-refractivity contribution in [1.29, 1.82) is 0 Å². The maximum absolute atomic E-state index is 14.2. The number of nitrogens with zero attached hydrogens (tertiary/aromatic N) is 12. The number of hydrogen-bond donors (Lipinski definition) is 16. The number of aliphatic hydroxyl groups excluding tert-OH is 16. The normalized spacial score (nSPS) is 31.4. The highest BCUT2D eigenvalue weighted by Gasteiger charge is 2.54. The van der Waals surface area contributed by atoms with Crippen LogP contribution in [0.25, 0.3) is 0 Å². The Balaban J connectivity index is 0.782. The summed E-state index contributed by atoms with van der Waals surface area (Å²) in [6.45, 7) is -0.945. The second kappa shape index (κ2) is 48.3. The summed E-state index contributed by atoms with van der Waals surface area (Å²) in [6.07, 6.45) is -12.0. The molecule has 0 aromatic carbocycles. The summed E-state index contributed by atoms with van der Waals surface area (Å²) in [5.41, 5.74) is 0.911. The van der Waals surface area contributed by atoms with E-state index in [0.29, 0.717) is 103 Å². The number of methoxy groups -OCH3 is 1. The molecule has 9 rings (SSSR count). The fourth-order valence-corrected chi connectivity index (χ4v) is 15.1. The summed E-state index contributed by atoms with van der Waals surface area (Å²) >= 11 is 0. The van der Waals surface area contributed by atoms with E-state index in [1.54, 1.807) is 43.5 Å². The smallest absolute Gasteiger partial charge is 0.306 e. The Morgan fingerprint density at radius 2 is 0.556 bits per heavy atom. The Bertz CT molecular complexity index is 3540. The summed E-state index contributed by atoms with van der Waals surface area (Å²) in [5.74, 6) is -2.66. The third kappa shape index (κ3) is 27.0. The lowest BCUT2D eigenvalue weighted by Gasteiger charge is -2.44. The number of carbonyl (C=O) groups is 4. The number of carbonyl (C=O) groups excluding carboxylic acids is 4. The van der Waals surface area contributed by atoms with Crippen LogP contribution in [0.15, 0.2) is 24.8 Å². The van der Waals surface area contributed by atoms with Crippen molar-refractivity contribution in [3.05, 3.63) is 47.6 Å². The molecule has 5 aliphatic rings. The van der Waals surface area contributed by atoms with Gasteiger partial charge in [-0.25, -0.2) is 0 Å². The van der Waals surface area contributed by atoms with Crippen LogP contribution < -0.4 is 0 Å². The van der Waals surface area contributed by atoms with Crippen LogP contribution in [0.5, 0.6) is 0 Å². The van der Waals surface area contributed by atoms with Gasteiger partial charge in [-0.3, -0.25) is 37.9 Å². The molecule has 5 fully saturated rings. The van der Waals surface area contributed by atoms with Crippen LogP contribution >= 0.6 is 0 Å². The number of unbranched alkanes of at least 4 members (excludes halogenated alkanes) is 20. The molecule has 25 atom stereocenters. The summed E-state index contributed by atoms with van der Waals surface area (Å²) in [6, 6.07) is 0. The summed E-state index contributed by atoms with van der Waals surface area (Å²) in [7, 11) is 1.30. The largest absolute Gasteiger partial charge is 0.463 e. The molecule has 5 aliphatic heterocycles. The average molecular weight is 1670 g/mol. The van der Waals surface area contributed by atoms with Gasteiger partial charge in [-0.05, 0) is 51.4 Å². The first-order valence-corrected chi connectivity index (χ1v) is 41.2. The lowest BCUT2D eigenvalue weighted by Crippen LogP contribution is -2.63. The Labute approximate surface area is 676 Å². The first-order valence-electron chi connectivity index (χ1n) is 41.2. The van der Waals surface area contributed by atoms with Crippen LogP contribution in [-0.2, 0) is 92.7 Å². The van der Waals surface area contributed by atoms with Gasteiger partial charge in [-0.1, -0.05) is 124 Å². The van der Waals surface area contributed by atoms with Crippen LogP contribution in [0.1, 0.15) is 227 Å². The lowest BCUT2D eigenvalue weighted by atomic mass is 9.94. The van der Waals surface area contributed by atoms with Gasteiger partial charge in [0.25, 0.3) is 0 Å². The van der Waals surface area contributed by atoms with Gasteiger partial charge in [-0.2, -0.15) is 0 Å². The Kier molecular flexibility index (Phi) is 38.9. The number of hydrogen-bond acceptors (Lipinski definition) is 38. The van der Waals surface area contributed by atoms with Crippen LogP contribution in [0.4, 0.5) is 0 Å². The highest BCUT2D eigenvalue weighted by molar-refractivity contribution is 5.72. The second-order valence-electron chi connectivity index (χ2n) is 30.9. The van der Waals surface area contributed by atoms with E-state index in [9.17, 15) is 101 Å². The fourth-order valence-electron chi connectivity index (χ4n) is 15.1. The molecule has 5 saturated heterocycles. The van der Waals surface area contributed by atoms with E-state index in [4.69, 9.17) is 47.4 Å². The number of aromatic nitrogens is 12. The maximum atomic E-state index is 14.2. The minimum atomic E-state index is -1.57. The summed E-state index contributed by atoms with van der Waals surface area (Å²) in [5, 5.41) is 195. The number of ether oxygens (including phenoxy) is 10. The average Bonchev–Trinajstić information content (AvgIpc) is 1.09. The van der Waals surface area contributed by atoms with Crippen molar-refractivity contribution in [2.24, 2.45) is 0 Å². The van der Waals surface area contributed by atoms with Gasteiger partial charge in [-0.15, -0.1) is 20.4 Å². The van der Waals surface area contributed by atoms with E-state index in [0.717, 1.165) is 77.0 Å². The van der Waals surface area contributed by atoms with Gasteiger partial charge < -0.3 is 129 Å².